The molecule has 0 radical (unpaired) electrons. The third-order valence-corrected chi connectivity index (χ3v) is 2.91. The van der Waals surface area contributed by atoms with Crippen molar-refractivity contribution in [3.63, 3.8) is 0 Å². The average molecular weight is 274 g/mol. The molecule has 0 atom stereocenters. The van der Waals surface area contributed by atoms with Crippen molar-refractivity contribution in [2.24, 2.45) is 0 Å². The SMILES string of the molecule is CCn1c(CCl)nnc1-c1ccc(Cl)cc1F. The zero-order valence-corrected chi connectivity index (χ0v) is 10.6. The van der Waals surface area contributed by atoms with Crippen LogP contribution in [0.25, 0.3) is 11.4 Å². The maximum Gasteiger partial charge on any atom is 0.166 e. The molecule has 6 heteroatoms. The van der Waals surface area contributed by atoms with Crippen LogP contribution in [0.5, 0.6) is 0 Å². The quantitative estimate of drug-likeness (QED) is 0.802. The third kappa shape index (κ3) is 2.28. The van der Waals surface area contributed by atoms with Crippen molar-refractivity contribution in [3.05, 3.63) is 34.9 Å². The maximum absolute atomic E-state index is 13.8. The topological polar surface area (TPSA) is 30.7 Å². The standard InChI is InChI=1S/C11H10Cl2FN3/c1-2-17-10(6-12)15-16-11(17)8-4-3-7(13)5-9(8)14/h3-5H,2,6H2,1H3. The van der Waals surface area contributed by atoms with Crippen LogP contribution in [-0.4, -0.2) is 14.8 Å². The summed E-state index contributed by atoms with van der Waals surface area (Å²) in [4.78, 5) is 0. The summed E-state index contributed by atoms with van der Waals surface area (Å²) >= 11 is 11.4. The van der Waals surface area contributed by atoms with Gasteiger partial charge in [0.05, 0.1) is 11.4 Å². The minimum Gasteiger partial charge on any atom is -0.310 e. The minimum absolute atomic E-state index is 0.246. The van der Waals surface area contributed by atoms with E-state index in [0.29, 0.717) is 28.8 Å². The summed E-state index contributed by atoms with van der Waals surface area (Å²) in [5, 5.41) is 8.24. The second kappa shape index (κ2) is 5.02. The first kappa shape index (κ1) is 12.3. The van der Waals surface area contributed by atoms with Crippen LogP contribution in [0.4, 0.5) is 4.39 Å². The Bertz CT molecular complexity index is 540. The molecular formula is C11H10Cl2FN3. The largest absolute Gasteiger partial charge is 0.310 e. The molecule has 90 valence electrons. The van der Waals surface area contributed by atoms with E-state index in [0.717, 1.165) is 0 Å². The zero-order valence-electron chi connectivity index (χ0n) is 9.12. The van der Waals surface area contributed by atoms with Crippen LogP contribution in [0.2, 0.25) is 5.02 Å². The van der Waals surface area contributed by atoms with Crippen molar-refractivity contribution in [3.8, 4) is 11.4 Å². The van der Waals surface area contributed by atoms with Gasteiger partial charge in [-0.3, -0.25) is 0 Å². The van der Waals surface area contributed by atoms with Crippen molar-refractivity contribution in [2.75, 3.05) is 0 Å². The molecule has 0 N–H and O–H groups in total. The van der Waals surface area contributed by atoms with Gasteiger partial charge in [0.25, 0.3) is 0 Å². The van der Waals surface area contributed by atoms with E-state index in [9.17, 15) is 4.39 Å². The number of aromatic nitrogens is 3. The molecule has 0 saturated heterocycles. The molecule has 0 unspecified atom stereocenters. The molecule has 0 aliphatic rings. The number of rotatable bonds is 3. The Morgan fingerprint density at radius 2 is 2.12 bits per heavy atom. The fraction of sp³-hybridized carbons (Fsp3) is 0.273. The molecule has 3 nitrogen and oxygen atoms in total. The van der Waals surface area contributed by atoms with Crippen molar-refractivity contribution >= 4 is 23.2 Å². The predicted molar refractivity (Wildman–Crippen MR) is 65.7 cm³/mol. The maximum atomic E-state index is 13.8. The van der Waals surface area contributed by atoms with E-state index in [1.54, 1.807) is 16.7 Å². The summed E-state index contributed by atoms with van der Waals surface area (Å²) in [5.41, 5.74) is 0.375. The van der Waals surface area contributed by atoms with Gasteiger partial charge >= 0.3 is 0 Å². The lowest BCUT2D eigenvalue weighted by molar-refractivity contribution is 0.626. The Balaban J connectivity index is 2.56. The van der Waals surface area contributed by atoms with Crippen molar-refractivity contribution < 1.29 is 4.39 Å². The van der Waals surface area contributed by atoms with Gasteiger partial charge in [0.2, 0.25) is 0 Å². The molecule has 0 aliphatic heterocycles. The second-order valence-corrected chi connectivity index (χ2v) is 4.15. The molecule has 17 heavy (non-hydrogen) atoms. The Morgan fingerprint density at radius 1 is 1.35 bits per heavy atom. The molecule has 0 amide bonds. The van der Waals surface area contributed by atoms with Crippen molar-refractivity contribution in [2.45, 2.75) is 19.3 Å². The first-order chi connectivity index (χ1) is 8.17. The van der Waals surface area contributed by atoms with E-state index >= 15 is 0 Å². The molecule has 1 aromatic heterocycles. The Morgan fingerprint density at radius 3 is 2.71 bits per heavy atom. The van der Waals surface area contributed by atoms with Crippen LogP contribution in [-0.2, 0) is 12.4 Å². The Labute approximate surface area is 108 Å². The van der Waals surface area contributed by atoms with Gasteiger partial charge in [-0.1, -0.05) is 11.6 Å². The van der Waals surface area contributed by atoms with Gasteiger partial charge in [-0.25, -0.2) is 4.39 Å². The van der Waals surface area contributed by atoms with Crippen LogP contribution in [0, 0.1) is 5.82 Å². The summed E-state index contributed by atoms with van der Waals surface area (Å²) in [6.07, 6.45) is 0. The monoisotopic (exact) mass is 273 g/mol. The highest BCUT2D eigenvalue weighted by Crippen LogP contribution is 2.24. The van der Waals surface area contributed by atoms with Gasteiger partial charge < -0.3 is 4.57 Å². The molecule has 1 heterocycles. The van der Waals surface area contributed by atoms with E-state index in [2.05, 4.69) is 10.2 Å². The van der Waals surface area contributed by atoms with Gasteiger partial charge in [-0.15, -0.1) is 21.8 Å². The molecule has 1 aromatic carbocycles. The molecule has 2 rings (SSSR count). The van der Waals surface area contributed by atoms with Gasteiger partial charge in [0.15, 0.2) is 5.82 Å². The normalized spacial score (nSPS) is 10.8. The lowest BCUT2D eigenvalue weighted by Gasteiger charge is -2.06. The molecule has 2 aromatic rings. The third-order valence-electron chi connectivity index (χ3n) is 2.44. The highest BCUT2D eigenvalue weighted by atomic mass is 35.5. The highest BCUT2D eigenvalue weighted by molar-refractivity contribution is 6.30. The summed E-state index contributed by atoms with van der Waals surface area (Å²) in [5.74, 6) is 0.923. The zero-order chi connectivity index (χ0) is 12.4. The number of nitrogens with zero attached hydrogens (tertiary/aromatic N) is 3. The van der Waals surface area contributed by atoms with Crippen LogP contribution < -0.4 is 0 Å². The summed E-state index contributed by atoms with van der Waals surface area (Å²) in [6.45, 7) is 2.56. The lowest BCUT2D eigenvalue weighted by Crippen LogP contribution is -2.02. The van der Waals surface area contributed by atoms with E-state index in [1.807, 2.05) is 6.92 Å². The van der Waals surface area contributed by atoms with Gasteiger partial charge in [-0.05, 0) is 25.1 Å². The number of hydrogen-bond donors (Lipinski definition) is 0. The number of alkyl halides is 1. The number of benzene rings is 1. The minimum atomic E-state index is -0.416. The summed E-state index contributed by atoms with van der Waals surface area (Å²) in [7, 11) is 0. The summed E-state index contributed by atoms with van der Waals surface area (Å²) in [6, 6.07) is 4.47. The van der Waals surface area contributed by atoms with Crippen molar-refractivity contribution in [1.82, 2.24) is 14.8 Å². The Kier molecular flexibility index (Phi) is 3.64. The summed E-state index contributed by atoms with van der Waals surface area (Å²) < 4.78 is 15.5. The average Bonchev–Trinajstić information content (AvgIpc) is 2.71. The van der Waals surface area contributed by atoms with Crippen LogP contribution >= 0.6 is 23.2 Å². The van der Waals surface area contributed by atoms with Gasteiger partial charge in [0, 0.05) is 11.6 Å². The van der Waals surface area contributed by atoms with E-state index in [4.69, 9.17) is 23.2 Å². The number of hydrogen-bond acceptors (Lipinski definition) is 2. The molecule has 0 spiro atoms. The molecule has 0 bridgehead atoms. The number of halogens is 3. The van der Waals surface area contributed by atoms with Crippen molar-refractivity contribution in [1.29, 1.82) is 0 Å². The fourth-order valence-electron chi connectivity index (χ4n) is 1.64. The highest BCUT2D eigenvalue weighted by Gasteiger charge is 2.15. The van der Waals surface area contributed by atoms with Crippen LogP contribution in [0.1, 0.15) is 12.7 Å². The van der Waals surface area contributed by atoms with Crippen LogP contribution in [0.15, 0.2) is 18.2 Å². The van der Waals surface area contributed by atoms with Gasteiger partial charge in [0.1, 0.15) is 11.6 Å². The second-order valence-electron chi connectivity index (χ2n) is 3.44. The molecule has 0 fully saturated rings. The lowest BCUT2D eigenvalue weighted by atomic mass is 10.2. The van der Waals surface area contributed by atoms with Gasteiger partial charge in [-0.2, -0.15) is 0 Å². The van der Waals surface area contributed by atoms with E-state index < -0.39 is 5.82 Å². The predicted octanol–water partition coefficient (Wildman–Crippen LogP) is 3.50. The molecule has 0 saturated carbocycles. The van der Waals surface area contributed by atoms with E-state index in [1.165, 1.54) is 6.07 Å². The first-order valence-electron chi connectivity index (χ1n) is 5.10. The van der Waals surface area contributed by atoms with E-state index in [-0.39, 0.29) is 5.88 Å². The molecular weight excluding hydrogens is 264 g/mol. The molecule has 0 aliphatic carbocycles. The van der Waals surface area contributed by atoms with Crippen LogP contribution in [0.3, 0.4) is 0 Å². The first-order valence-corrected chi connectivity index (χ1v) is 6.02. The fourth-order valence-corrected chi connectivity index (χ4v) is 1.99. The Hall–Kier alpha value is -1.13. The smallest absolute Gasteiger partial charge is 0.166 e.